The summed E-state index contributed by atoms with van der Waals surface area (Å²) in [6.45, 7) is 3.90. The Morgan fingerprint density at radius 3 is 2.89 bits per heavy atom. The number of nitrogens with zero attached hydrogens (tertiary/aromatic N) is 3. The van der Waals surface area contributed by atoms with Crippen LogP contribution in [-0.2, 0) is 0 Å². The van der Waals surface area contributed by atoms with Crippen LogP contribution >= 0.6 is 0 Å². The third-order valence-corrected chi connectivity index (χ3v) is 3.62. The Hall–Kier alpha value is -2.04. The molecule has 0 radical (unpaired) electrons. The molecule has 1 aromatic rings. The van der Waals surface area contributed by atoms with Crippen molar-refractivity contribution in [1.82, 2.24) is 5.32 Å². The van der Waals surface area contributed by atoms with Crippen LogP contribution in [0.15, 0.2) is 24.3 Å². The summed E-state index contributed by atoms with van der Waals surface area (Å²) in [5, 5.41) is 21.7. The molecule has 4 heteroatoms. The smallest absolute Gasteiger partial charge is 0.101 e. The molecule has 0 bridgehead atoms. The summed E-state index contributed by atoms with van der Waals surface area (Å²) >= 11 is 0. The second-order valence-electron chi connectivity index (χ2n) is 4.89. The summed E-state index contributed by atoms with van der Waals surface area (Å²) in [6, 6.07) is 12.6. The second kappa shape index (κ2) is 6.22. The maximum atomic E-state index is 9.26. The van der Waals surface area contributed by atoms with E-state index < -0.39 is 0 Å². The molecule has 1 N–H and O–H groups in total. The molecule has 2 atom stereocenters. The van der Waals surface area contributed by atoms with Gasteiger partial charge in [-0.15, -0.1) is 0 Å². The van der Waals surface area contributed by atoms with Gasteiger partial charge >= 0.3 is 0 Å². The van der Waals surface area contributed by atoms with Gasteiger partial charge < -0.3 is 10.2 Å². The van der Waals surface area contributed by atoms with Gasteiger partial charge in [0, 0.05) is 12.6 Å². The van der Waals surface area contributed by atoms with Gasteiger partial charge in [-0.2, -0.15) is 10.5 Å². The molecule has 4 nitrogen and oxygen atoms in total. The Bertz CT molecular complexity index is 512. The maximum absolute atomic E-state index is 9.26. The highest BCUT2D eigenvalue weighted by Gasteiger charge is 2.27. The zero-order valence-corrected chi connectivity index (χ0v) is 11.1. The third-order valence-electron chi connectivity index (χ3n) is 3.62. The van der Waals surface area contributed by atoms with Crippen LogP contribution in [0, 0.1) is 22.7 Å². The minimum Gasteiger partial charge on any atom is -0.362 e. The van der Waals surface area contributed by atoms with Gasteiger partial charge in [-0.3, -0.25) is 0 Å². The van der Waals surface area contributed by atoms with Crippen LogP contribution in [-0.4, -0.2) is 25.2 Å². The van der Waals surface area contributed by atoms with Crippen LogP contribution in [0.2, 0.25) is 0 Å². The van der Waals surface area contributed by atoms with E-state index in [1.165, 1.54) is 0 Å². The Balaban J connectivity index is 2.41. The van der Waals surface area contributed by atoms with Gasteiger partial charge in [0.25, 0.3) is 0 Å². The first kappa shape index (κ1) is 13.4. The number of nitrogens with one attached hydrogen (secondary N) is 1. The van der Waals surface area contributed by atoms with E-state index in [1.807, 2.05) is 24.3 Å². The molecule has 0 amide bonds. The highest BCUT2D eigenvalue weighted by atomic mass is 15.2. The van der Waals surface area contributed by atoms with Gasteiger partial charge in [-0.25, -0.2) is 0 Å². The summed E-state index contributed by atoms with van der Waals surface area (Å²) in [5.74, 6) is 0. The summed E-state index contributed by atoms with van der Waals surface area (Å²) in [7, 11) is 0. The van der Waals surface area contributed by atoms with Crippen LogP contribution in [0.4, 0.5) is 5.69 Å². The third kappa shape index (κ3) is 2.86. The van der Waals surface area contributed by atoms with Gasteiger partial charge in [0.15, 0.2) is 0 Å². The predicted molar refractivity (Wildman–Crippen MR) is 74.6 cm³/mol. The van der Waals surface area contributed by atoms with E-state index in [1.54, 1.807) is 0 Å². The van der Waals surface area contributed by atoms with Crippen LogP contribution in [0.1, 0.15) is 25.3 Å². The molecule has 98 valence electrons. The van der Waals surface area contributed by atoms with Gasteiger partial charge in [0.2, 0.25) is 0 Å². The zero-order chi connectivity index (χ0) is 13.7. The Labute approximate surface area is 114 Å². The lowest BCUT2D eigenvalue weighted by molar-refractivity contribution is 0.551. The molecule has 19 heavy (non-hydrogen) atoms. The molecule has 0 aliphatic carbocycles. The largest absolute Gasteiger partial charge is 0.362 e. The van der Waals surface area contributed by atoms with Crippen molar-refractivity contribution in [3.8, 4) is 12.1 Å². The molecule has 1 saturated heterocycles. The fraction of sp³-hybridized carbons (Fsp3) is 0.467. The fourth-order valence-corrected chi connectivity index (χ4v) is 2.68. The van der Waals surface area contributed by atoms with E-state index in [0.29, 0.717) is 18.0 Å². The molecular weight excluding hydrogens is 236 g/mol. The van der Waals surface area contributed by atoms with E-state index in [9.17, 15) is 5.26 Å². The molecule has 0 saturated carbocycles. The molecule has 0 spiro atoms. The quantitative estimate of drug-likeness (QED) is 0.877. The lowest BCUT2D eigenvalue weighted by Gasteiger charge is -2.36. The predicted octanol–water partition coefficient (Wildman–Crippen LogP) is 2.03. The Morgan fingerprint density at radius 1 is 1.37 bits per heavy atom. The minimum absolute atomic E-state index is 0.122. The maximum Gasteiger partial charge on any atom is 0.101 e. The number of hydrogen-bond acceptors (Lipinski definition) is 4. The number of benzene rings is 1. The highest BCUT2D eigenvalue weighted by Crippen LogP contribution is 2.27. The molecule has 1 heterocycles. The first-order valence-corrected chi connectivity index (χ1v) is 6.63. The average Bonchev–Trinajstić information content (AvgIpc) is 2.61. The van der Waals surface area contributed by atoms with E-state index in [0.717, 1.165) is 25.2 Å². The van der Waals surface area contributed by atoms with Crippen LogP contribution in [0.5, 0.6) is 0 Å². The van der Waals surface area contributed by atoms with Crippen molar-refractivity contribution in [3.63, 3.8) is 0 Å². The van der Waals surface area contributed by atoms with Crippen molar-refractivity contribution >= 4 is 5.69 Å². The van der Waals surface area contributed by atoms with Crippen LogP contribution in [0.3, 0.4) is 0 Å². The van der Waals surface area contributed by atoms with Crippen LogP contribution in [0.25, 0.3) is 0 Å². The number of nitriles is 2. The Kier molecular flexibility index (Phi) is 4.39. The van der Waals surface area contributed by atoms with Crippen molar-refractivity contribution in [2.75, 3.05) is 18.0 Å². The Morgan fingerprint density at radius 2 is 2.16 bits per heavy atom. The number of hydrogen-bond donors (Lipinski definition) is 1. The summed E-state index contributed by atoms with van der Waals surface area (Å²) in [5.41, 5.74) is 1.63. The molecule has 0 aromatic heterocycles. The summed E-state index contributed by atoms with van der Waals surface area (Å²) < 4.78 is 0. The SMILES string of the molecule is CC1CCNCC(CC#N)N1c1ccccc1C#N. The van der Waals surface area contributed by atoms with Crippen molar-refractivity contribution in [1.29, 1.82) is 10.5 Å². The van der Waals surface area contributed by atoms with E-state index >= 15 is 0 Å². The lowest BCUT2D eigenvalue weighted by Crippen LogP contribution is -2.44. The fourth-order valence-electron chi connectivity index (χ4n) is 2.68. The van der Waals surface area contributed by atoms with Crippen molar-refractivity contribution in [2.24, 2.45) is 0 Å². The minimum atomic E-state index is 0.122. The van der Waals surface area contributed by atoms with Gasteiger partial charge in [0.05, 0.1) is 29.8 Å². The average molecular weight is 254 g/mol. The van der Waals surface area contributed by atoms with E-state index in [4.69, 9.17) is 5.26 Å². The number of para-hydroxylation sites is 1. The summed E-state index contributed by atoms with van der Waals surface area (Å²) in [6.07, 6.45) is 1.48. The van der Waals surface area contributed by atoms with E-state index in [2.05, 4.69) is 29.3 Å². The molecule has 2 rings (SSSR count). The molecule has 1 fully saturated rings. The number of anilines is 1. The van der Waals surface area contributed by atoms with Crippen molar-refractivity contribution < 1.29 is 0 Å². The molecule has 1 aliphatic heterocycles. The van der Waals surface area contributed by atoms with Gasteiger partial charge in [0.1, 0.15) is 6.07 Å². The lowest BCUT2D eigenvalue weighted by atomic mass is 10.1. The molecule has 1 aromatic carbocycles. The highest BCUT2D eigenvalue weighted by molar-refractivity contribution is 5.60. The standard InChI is InChI=1S/C15H18N4/c1-12-7-9-18-11-14(6-8-16)19(12)15-5-3-2-4-13(15)10-17/h2-5,12,14,18H,6-7,9,11H2,1H3. The topological polar surface area (TPSA) is 62.9 Å². The normalized spacial score (nSPS) is 23.2. The molecule has 2 unspecified atom stereocenters. The zero-order valence-electron chi connectivity index (χ0n) is 11.1. The number of rotatable bonds is 2. The molecular formula is C15H18N4. The van der Waals surface area contributed by atoms with Gasteiger partial charge in [-0.1, -0.05) is 12.1 Å². The van der Waals surface area contributed by atoms with E-state index in [-0.39, 0.29) is 6.04 Å². The van der Waals surface area contributed by atoms with Crippen molar-refractivity contribution in [3.05, 3.63) is 29.8 Å². The van der Waals surface area contributed by atoms with Crippen molar-refractivity contribution in [2.45, 2.75) is 31.8 Å². The first-order chi connectivity index (χ1) is 9.27. The van der Waals surface area contributed by atoms with Gasteiger partial charge in [-0.05, 0) is 32.0 Å². The molecule has 1 aliphatic rings. The first-order valence-electron chi connectivity index (χ1n) is 6.63. The summed E-state index contributed by atoms with van der Waals surface area (Å²) in [4.78, 5) is 2.24. The second-order valence-corrected chi connectivity index (χ2v) is 4.89. The van der Waals surface area contributed by atoms with Crippen LogP contribution < -0.4 is 10.2 Å². The monoisotopic (exact) mass is 254 g/mol.